The number of rotatable bonds is 4. The van der Waals surface area contributed by atoms with Crippen molar-refractivity contribution in [3.63, 3.8) is 0 Å². The largest absolute Gasteiger partial charge is 0.508 e. The zero-order chi connectivity index (χ0) is 22.5. The third-order valence-electron chi connectivity index (χ3n) is 5.52. The Morgan fingerprint density at radius 1 is 0.600 bits per heavy atom. The molecule has 3 aromatic carbocycles. The highest BCUT2D eigenvalue weighted by molar-refractivity contribution is 5.55. The molecule has 0 saturated heterocycles. The van der Waals surface area contributed by atoms with Crippen LogP contribution in [0.4, 0.5) is 0 Å². The molecule has 0 unspecified atom stereocenters. The van der Waals surface area contributed by atoms with Crippen molar-refractivity contribution in [1.29, 1.82) is 0 Å². The van der Waals surface area contributed by atoms with Gasteiger partial charge in [0.15, 0.2) is 0 Å². The van der Waals surface area contributed by atoms with E-state index in [0.29, 0.717) is 0 Å². The van der Waals surface area contributed by atoms with Gasteiger partial charge in [-0.05, 0) is 47.0 Å². The van der Waals surface area contributed by atoms with Crippen molar-refractivity contribution in [1.82, 2.24) is 0 Å². The summed E-state index contributed by atoms with van der Waals surface area (Å²) < 4.78 is 0. The zero-order valence-corrected chi connectivity index (χ0v) is 18.9. The number of aromatic hydroxyl groups is 3. The number of phenols is 3. The van der Waals surface area contributed by atoms with E-state index in [4.69, 9.17) is 0 Å². The molecule has 0 amide bonds. The third-order valence-corrected chi connectivity index (χ3v) is 5.52. The molecule has 3 nitrogen and oxygen atoms in total. The van der Waals surface area contributed by atoms with Crippen molar-refractivity contribution < 1.29 is 15.3 Å². The van der Waals surface area contributed by atoms with Gasteiger partial charge in [0.05, 0.1) is 0 Å². The maximum atomic E-state index is 10.8. The third kappa shape index (κ3) is 4.79. The van der Waals surface area contributed by atoms with Crippen molar-refractivity contribution in [3.8, 4) is 17.2 Å². The molecule has 0 saturated carbocycles. The molecule has 0 aliphatic rings. The van der Waals surface area contributed by atoms with E-state index in [1.807, 2.05) is 36.4 Å². The quantitative estimate of drug-likeness (QED) is 0.443. The first-order valence-electron chi connectivity index (χ1n) is 10.5. The number of phenolic OH excluding ortho intramolecular Hbond substituents is 3. The molecular formula is C27H34O3. The van der Waals surface area contributed by atoms with Crippen LogP contribution >= 0.6 is 0 Å². The van der Waals surface area contributed by atoms with Crippen LogP contribution in [0.15, 0.2) is 66.7 Å². The lowest BCUT2D eigenvalue weighted by molar-refractivity contribution is 0.445. The van der Waals surface area contributed by atoms with Crippen molar-refractivity contribution in [2.45, 2.75) is 58.8 Å². The van der Waals surface area contributed by atoms with E-state index in [-0.39, 0.29) is 22.7 Å². The summed E-state index contributed by atoms with van der Waals surface area (Å²) in [4.78, 5) is 0. The SMILES string of the molecule is CC(C)(c1ccc(O)cc1)c1cccc(O)c1C(C)(C)c1ccc(O)cc1.CCC. The average molecular weight is 407 g/mol. The monoisotopic (exact) mass is 406 g/mol. The van der Waals surface area contributed by atoms with Gasteiger partial charge in [-0.1, -0.05) is 84.4 Å². The minimum atomic E-state index is -0.470. The zero-order valence-electron chi connectivity index (χ0n) is 18.9. The van der Waals surface area contributed by atoms with Gasteiger partial charge in [0.25, 0.3) is 0 Å². The fourth-order valence-corrected chi connectivity index (χ4v) is 3.77. The van der Waals surface area contributed by atoms with E-state index in [9.17, 15) is 15.3 Å². The summed E-state index contributed by atoms with van der Waals surface area (Å²) in [7, 11) is 0. The molecule has 0 aliphatic carbocycles. The Bertz CT molecular complexity index is 952. The Hall–Kier alpha value is -2.94. The molecule has 0 bridgehead atoms. The van der Waals surface area contributed by atoms with Gasteiger partial charge in [0.2, 0.25) is 0 Å². The van der Waals surface area contributed by atoms with E-state index in [1.54, 1.807) is 30.3 Å². The lowest BCUT2D eigenvalue weighted by Gasteiger charge is -2.36. The van der Waals surface area contributed by atoms with Crippen LogP contribution in [0.25, 0.3) is 0 Å². The summed E-state index contributed by atoms with van der Waals surface area (Å²) in [6, 6.07) is 19.9. The lowest BCUT2D eigenvalue weighted by atomic mass is 9.68. The van der Waals surface area contributed by atoms with Crippen LogP contribution in [0.3, 0.4) is 0 Å². The number of hydrogen-bond donors (Lipinski definition) is 3. The summed E-state index contributed by atoms with van der Waals surface area (Å²) in [6.45, 7) is 12.6. The first-order chi connectivity index (χ1) is 14.1. The molecule has 3 N–H and O–H groups in total. The molecule has 0 fully saturated rings. The van der Waals surface area contributed by atoms with E-state index in [1.165, 1.54) is 6.42 Å². The molecule has 0 atom stereocenters. The maximum Gasteiger partial charge on any atom is 0.119 e. The summed E-state index contributed by atoms with van der Waals surface area (Å²) in [5.74, 6) is 0.698. The Labute approximate surface area is 180 Å². The van der Waals surface area contributed by atoms with Crippen molar-refractivity contribution in [2.75, 3.05) is 0 Å². The van der Waals surface area contributed by atoms with E-state index in [2.05, 4.69) is 41.5 Å². The Balaban J connectivity index is 0.00000101. The van der Waals surface area contributed by atoms with Gasteiger partial charge in [-0.25, -0.2) is 0 Å². The van der Waals surface area contributed by atoms with Gasteiger partial charge < -0.3 is 15.3 Å². The highest BCUT2D eigenvalue weighted by Crippen LogP contribution is 2.45. The number of benzene rings is 3. The molecule has 0 aliphatic heterocycles. The minimum absolute atomic E-state index is 0.219. The summed E-state index contributed by atoms with van der Waals surface area (Å²) in [6.07, 6.45) is 1.25. The second kappa shape index (κ2) is 9.25. The number of hydrogen-bond acceptors (Lipinski definition) is 3. The Morgan fingerprint density at radius 3 is 1.43 bits per heavy atom. The Kier molecular flexibility index (Phi) is 7.20. The molecule has 0 spiro atoms. The van der Waals surface area contributed by atoms with Crippen LogP contribution in [0.5, 0.6) is 17.2 Å². The Morgan fingerprint density at radius 2 is 1.00 bits per heavy atom. The van der Waals surface area contributed by atoms with Gasteiger partial charge in [0, 0.05) is 16.4 Å². The second-order valence-corrected chi connectivity index (χ2v) is 8.75. The fourth-order valence-electron chi connectivity index (χ4n) is 3.77. The van der Waals surface area contributed by atoms with Crippen LogP contribution in [0.1, 0.15) is 70.2 Å². The van der Waals surface area contributed by atoms with Crippen LogP contribution in [0.2, 0.25) is 0 Å². The van der Waals surface area contributed by atoms with Crippen LogP contribution in [0, 0.1) is 0 Å². The van der Waals surface area contributed by atoms with Crippen LogP contribution in [-0.2, 0) is 10.8 Å². The van der Waals surface area contributed by atoms with E-state index < -0.39 is 5.41 Å². The lowest BCUT2D eigenvalue weighted by Crippen LogP contribution is -2.28. The first-order valence-corrected chi connectivity index (χ1v) is 10.5. The normalized spacial score (nSPS) is 11.5. The van der Waals surface area contributed by atoms with Gasteiger partial charge in [-0.3, -0.25) is 0 Å². The van der Waals surface area contributed by atoms with Crippen molar-refractivity contribution in [3.05, 3.63) is 89.0 Å². The topological polar surface area (TPSA) is 60.7 Å². The molecule has 160 valence electrons. The van der Waals surface area contributed by atoms with E-state index in [0.717, 1.165) is 22.3 Å². The maximum absolute atomic E-state index is 10.8. The van der Waals surface area contributed by atoms with Gasteiger partial charge in [0.1, 0.15) is 17.2 Å². The molecular weight excluding hydrogens is 372 g/mol. The molecule has 3 heteroatoms. The molecule has 0 heterocycles. The molecule has 3 rings (SSSR count). The van der Waals surface area contributed by atoms with Gasteiger partial charge >= 0.3 is 0 Å². The average Bonchev–Trinajstić information content (AvgIpc) is 2.69. The van der Waals surface area contributed by atoms with Crippen molar-refractivity contribution >= 4 is 0 Å². The summed E-state index contributed by atoms with van der Waals surface area (Å²) >= 11 is 0. The van der Waals surface area contributed by atoms with E-state index >= 15 is 0 Å². The summed E-state index contributed by atoms with van der Waals surface area (Å²) in [5, 5.41) is 30.1. The van der Waals surface area contributed by atoms with Crippen LogP contribution in [-0.4, -0.2) is 15.3 Å². The minimum Gasteiger partial charge on any atom is -0.508 e. The predicted octanol–water partition coefficient (Wildman–Crippen LogP) is 6.87. The molecule has 0 radical (unpaired) electrons. The van der Waals surface area contributed by atoms with Crippen LogP contribution < -0.4 is 0 Å². The van der Waals surface area contributed by atoms with Gasteiger partial charge in [-0.15, -0.1) is 0 Å². The fraction of sp³-hybridized carbons (Fsp3) is 0.333. The molecule has 30 heavy (non-hydrogen) atoms. The highest BCUT2D eigenvalue weighted by Gasteiger charge is 2.35. The predicted molar refractivity (Wildman–Crippen MR) is 125 cm³/mol. The second-order valence-electron chi connectivity index (χ2n) is 8.75. The molecule has 3 aromatic rings. The summed E-state index contributed by atoms with van der Waals surface area (Å²) in [5.41, 5.74) is 3.08. The van der Waals surface area contributed by atoms with Gasteiger partial charge in [-0.2, -0.15) is 0 Å². The first kappa shape index (κ1) is 23.3. The smallest absolute Gasteiger partial charge is 0.119 e. The highest BCUT2D eigenvalue weighted by atomic mass is 16.3. The molecule has 0 aromatic heterocycles. The van der Waals surface area contributed by atoms with Crippen molar-refractivity contribution in [2.24, 2.45) is 0 Å². The standard InChI is InChI=1S/C24H26O3.C3H8/c1-23(2,16-8-12-18(25)13-9-16)20-6-5-7-21(27)22(20)24(3,4)17-10-14-19(26)15-11-17;1-3-2/h5-15,25-27H,1-4H3;3H2,1-2H3.